The molecule has 0 bridgehead atoms. The van der Waals surface area contributed by atoms with Gasteiger partial charge in [0, 0.05) is 41.8 Å². The lowest BCUT2D eigenvalue weighted by atomic mass is 9.93. The van der Waals surface area contributed by atoms with Gasteiger partial charge in [0.25, 0.3) is 0 Å². The van der Waals surface area contributed by atoms with Gasteiger partial charge in [-0.2, -0.15) is 11.8 Å². The topological polar surface area (TPSA) is 62.1 Å². The molecule has 1 fully saturated rings. The molecule has 0 saturated heterocycles. The van der Waals surface area contributed by atoms with E-state index in [1.807, 2.05) is 17.8 Å². The van der Waals surface area contributed by atoms with E-state index in [2.05, 4.69) is 80.7 Å². The Kier molecular flexibility index (Phi) is 6.82. The second-order valence-electron chi connectivity index (χ2n) is 12.3. The molecule has 0 spiro atoms. The largest absolute Gasteiger partial charge is 0.481 e. The summed E-state index contributed by atoms with van der Waals surface area (Å²) in [5.74, 6) is 3.93. The number of ether oxygens (including phenoxy) is 1. The molecule has 1 atom stereocenters. The molecular formula is C29H40N4O2SSi. The average Bonchev–Trinajstić information content (AvgIpc) is 3.61. The molecule has 37 heavy (non-hydrogen) atoms. The highest BCUT2D eigenvalue weighted by Gasteiger charge is 2.51. The van der Waals surface area contributed by atoms with Gasteiger partial charge in [0.2, 0.25) is 5.88 Å². The summed E-state index contributed by atoms with van der Waals surface area (Å²) in [5, 5.41) is 9.78. The van der Waals surface area contributed by atoms with Crippen LogP contribution in [-0.4, -0.2) is 52.3 Å². The van der Waals surface area contributed by atoms with E-state index in [1.54, 1.807) is 13.3 Å². The lowest BCUT2D eigenvalue weighted by molar-refractivity contribution is 0.252. The third kappa shape index (κ3) is 5.00. The molecule has 2 aromatic heterocycles. The van der Waals surface area contributed by atoms with E-state index in [4.69, 9.17) is 19.4 Å². The summed E-state index contributed by atoms with van der Waals surface area (Å²) in [6.45, 7) is 15.6. The van der Waals surface area contributed by atoms with Crippen molar-refractivity contribution in [3.63, 3.8) is 0 Å². The Morgan fingerprint density at radius 2 is 1.81 bits per heavy atom. The Bertz CT molecular complexity index is 1260. The second kappa shape index (κ2) is 9.54. The van der Waals surface area contributed by atoms with Gasteiger partial charge in [-0.1, -0.05) is 45.0 Å². The highest BCUT2D eigenvalue weighted by molar-refractivity contribution is 8.00. The molecular weight excluding hydrogens is 496 g/mol. The Hall–Kier alpha value is -2.16. The Balaban J connectivity index is 1.37. The number of aromatic nitrogens is 4. The fourth-order valence-electron chi connectivity index (χ4n) is 4.97. The molecule has 2 aliphatic rings. The SMILES string of the molecule is COc1ncccc1-c1ccc(C2(c3nnc4n3CCSC(C)(CO[Si](C)(C)C(C)(C)C)C4)CC2)cc1. The highest BCUT2D eigenvalue weighted by atomic mass is 32.2. The lowest BCUT2D eigenvalue weighted by Gasteiger charge is -2.39. The number of nitrogens with zero attached hydrogens (tertiary/aromatic N) is 4. The van der Waals surface area contributed by atoms with Gasteiger partial charge < -0.3 is 13.7 Å². The van der Waals surface area contributed by atoms with E-state index >= 15 is 0 Å². The number of hydrogen-bond acceptors (Lipinski definition) is 6. The molecule has 3 heterocycles. The summed E-state index contributed by atoms with van der Waals surface area (Å²) in [4.78, 5) is 4.35. The predicted octanol–water partition coefficient (Wildman–Crippen LogP) is 6.50. The van der Waals surface area contributed by atoms with Crippen molar-refractivity contribution in [1.82, 2.24) is 19.7 Å². The first-order valence-corrected chi connectivity index (χ1v) is 17.2. The quantitative estimate of drug-likeness (QED) is 0.321. The molecule has 0 N–H and O–H groups in total. The molecule has 0 radical (unpaired) electrons. The Morgan fingerprint density at radius 3 is 2.46 bits per heavy atom. The van der Waals surface area contributed by atoms with E-state index in [9.17, 15) is 0 Å². The first-order chi connectivity index (χ1) is 17.5. The maximum Gasteiger partial charge on any atom is 0.221 e. The van der Waals surface area contributed by atoms with Crippen molar-refractivity contribution in [2.45, 2.75) is 81.8 Å². The predicted molar refractivity (Wildman–Crippen MR) is 154 cm³/mol. The fourth-order valence-corrected chi connectivity index (χ4v) is 7.33. The Labute approximate surface area is 226 Å². The second-order valence-corrected chi connectivity index (χ2v) is 18.8. The van der Waals surface area contributed by atoms with Gasteiger partial charge in [-0.05, 0) is 61.2 Å². The van der Waals surface area contributed by atoms with Crippen LogP contribution in [-0.2, 0) is 22.8 Å². The number of pyridine rings is 1. The van der Waals surface area contributed by atoms with Crippen molar-refractivity contribution < 1.29 is 9.16 Å². The standard InChI is InChI=1S/C29H40N4O2SSi/c1-27(2,3)37(6,7)35-20-28(4)19-24-31-32-26(33(24)17-18-36-28)29(14-15-29)22-12-10-21(11-13-22)23-9-8-16-30-25(23)34-5/h8-13,16H,14-15,17-20H2,1-7H3. The van der Waals surface area contributed by atoms with Crippen LogP contribution in [0.3, 0.4) is 0 Å². The molecule has 198 valence electrons. The van der Waals surface area contributed by atoms with Crippen molar-refractivity contribution >= 4 is 20.1 Å². The minimum absolute atomic E-state index is 0.00914. The van der Waals surface area contributed by atoms with Gasteiger partial charge in [0.1, 0.15) is 11.6 Å². The third-order valence-electron chi connectivity index (χ3n) is 8.56. The van der Waals surface area contributed by atoms with Crippen molar-refractivity contribution in [3.05, 3.63) is 59.8 Å². The first kappa shape index (κ1) is 26.4. The van der Waals surface area contributed by atoms with Crippen LogP contribution >= 0.6 is 11.8 Å². The van der Waals surface area contributed by atoms with Gasteiger partial charge >= 0.3 is 0 Å². The minimum atomic E-state index is -1.81. The van der Waals surface area contributed by atoms with Crippen molar-refractivity contribution in [2.24, 2.45) is 0 Å². The maximum absolute atomic E-state index is 6.67. The first-order valence-electron chi connectivity index (χ1n) is 13.3. The van der Waals surface area contributed by atoms with Gasteiger partial charge in [0.05, 0.1) is 12.5 Å². The smallest absolute Gasteiger partial charge is 0.221 e. The van der Waals surface area contributed by atoms with Crippen LogP contribution in [0.4, 0.5) is 0 Å². The molecule has 8 heteroatoms. The number of hydrogen-bond donors (Lipinski definition) is 0. The van der Waals surface area contributed by atoms with E-state index in [-0.39, 0.29) is 15.2 Å². The van der Waals surface area contributed by atoms with E-state index < -0.39 is 8.32 Å². The van der Waals surface area contributed by atoms with E-state index in [0.717, 1.165) is 60.9 Å². The van der Waals surface area contributed by atoms with Gasteiger partial charge in [0.15, 0.2) is 8.32 Å². The molecule has 1 unspecified atom stereocenters. The van der Waals surface area contributed by atoms with Crippen LogP contribution in [0.1, 0.15) is 57.7 Å². The summed E-state index contributed by atoms with van der Waals surface area (Å²) in [5.41, 5.74) is 3.40. The molecule has 1 saturated carbocycles. The summed E-state index contributed by atoms with van der Waals surface area (Å²) in [6.07, 6.45) is 4.87. The molecule has 5 rings (SSSR count). The van der Waals surface area contributed by atoms with Crippen LogP contribution in [0, 0.1) is 0 Å². The molecule has 1 aliphatic carbocycles. The van der Waals surface area contributed by atoms with Gasteiger partial charge in [-0.15, -0.1) is 10.2 Å². The summed E-state index contributed by atoms with van der Waals surface area (Å²) in [7, 11) is -0.140. The number of benzene rings is 1. The Morgan fingerprint density at radius 1 is 1.08 bits per heavy atom. The van der Waals surface area contributed by atoms with Crippen LogP contribution in [0.25, 0.3) is 11.1 Å². The number of thioether (sulfide) groups is 1. The number of methoxy groups -OCH3 is 1. The molecule has 1 aromatic carbocycles. The average molecular weight is 537 g/mol. The van der Waals surface area contributed by atoms with Crippen LogP contribution in [0.2, 0.25) is 18.1 Å². The zero-order chi connectivity index (χ0) is 26.5. The molecule has 1 aliphatic heterocycles. The number of rotatable bonds is 7. The normalized spacial score (nSPS) is 21.3. The van der Waals surface area contributed by atoms with E-state index in [1.165, 1.54) is 5.56 Å². The zero-order valence-corrected chi connectivity index (χ0v) is 25.1. The molecule has 0 amide bonds. The maximum atomic E-state index is 6.67. The van der Waals surface area contributed by atoms with E-state index in [0.29, 0.717) is 5.88 Å². The van der Waals surface area contributed by atoms with Gasteiger partial charge in [-0.25, -0.2) is 4.98 Å². The monoisotopic (exact) mass is 536 g/mol. The highest BCUT2D eigenvalue weighted by Crippen LogP contribution is 2.53. The molecule has 6 nitrogen and oxygen atoms in total. The minimum Gasteiger partial charge on any atom is -0.481 e. The zero-order valence-electron chi connectivity index (χ0n) is 23.3. The van der Waals surface area contributed by atoms with Crippen LogP contribution in [0.5, 0.6) is 5.88 Å². The molecule has 3 aromatic rings. The van der Waals surface area contributed by atoms with Crippen molar-refractivity contribution in [2.75, 3.05) is 19.5 Å². The summed E-state index contributed by atoms with van der Waals surface area (Å²) in [6, 6.07) is 12.9. The lowest BCUT2D eigenvalue weighted by Crippen LogP contribution is -2.45. The fraction of sp³-hybridized carbons (Fsp3) is 0.552. The number of fused-ring (bicyclic) bond motifs is 1. The van der Waals surface area contributed by atoms with Crippen LogP contribution < -0.4 is 4.74 Å². The van der Waals surface area contributed by atoms with Crippen molar-refractivity contribution in [3.8, 4) is 17.0 Å². The third-order valence-corrected chi connectivity index (χ3v) is 14.4. The summed E-state index contributed by atoms with van der Waals surface area (Å²) >= 11 is 2.03. The van der Waals surface area contributed by atoms with Gasteiger partial charge in [-0.3, -0.25) is 0 Å². The van der Waals surface area contributed by atoms with Crippen molar-refractivity contribution in [1.29, 1.82) is 0 Å². The van der Waals surface area contributed by atoms with Crippen LogP contribution in [0.15, 0.2) is 42.6 Å². The summed E-state index contributed by atoms with van der Waals surface area (Å²) < 4.78 is 14.6.